The lowest BCUT2D eigenvalue weighted by molar-refractivity contribution is -0.128. The Hall–Kier alpha value is -4.24. The third kappa shape index (κ3) is 6.15. The minimum atomic E-state index is -0.863. The highest BCUT2D eigenvalue weighted by molar-refractivity contribution is 8.15. The number of nitrogens with one attached hydrogen (secondary N) is 2. The first-order valence-electron chi connectivity index (χ1n) is 13.3. The van der Waals surface area contributed by atoms with Crippen molar-refractivity contribution in [1.82, 2.24) is 15.5 Å². The summed E-state index contributed by atoms with van der Waals surface area (Å²) in [6, 6.07) is 24.2. The number of amidine groups is 2. The van der Waals surface area contributed by atoms with Crippen LogP contribution in [0.1, 0.15) is 42.0 Å². The Morgan fingerprint density at radius 1 is 0.925 bits per heavy atom. The third-order valence-electron chi connectivity index (χ3n) is 6.76. The van der Waals surface area contributed by atoms with E-state index in [1.807, 2.05) is 92.7 Å². The summed E-state index contributed by atoms with van der Waals surface area (Å²) in [5, 5.41) is 5.82. The van der Waals surface area contributed by atoms with E-state index in [4.69, 9.17) is 4.99 Å². The second-order valence-corrected chi connectivity index (χ2v) is 10.9. The Morgan fingerprint density at radius 3 is 2.35 bits per heavy atom. The number of nitrogens with zero attached hydrogens (tertiary/aromatic N) is 3. The van der Waals surface area contributed by atoms with Gasteiger partial charge in [-0.05, 0) is 36.6 Å². The fourth-order valence-corrected chi connectivity index (χ4v) is 5.56. The van der Waals surface area contributed by atoms with Crippen LogP contribution in [0.25, 0.3) is 0 Å². The SMILES string of the molecule is CC[C@H](SC1=Nc2ccccc2C2=N[C@@H](CC(=O)NCc3ccccc3)C(=O)N12)C(=O)NCc1ccc(C)cc1. The van der Waals surface area contributed by atoms with Crippen molar-refractivity contribution in [1.29, 1.82) is 0 Å². The van der Waals surface area contributed by atoms with Gasteiger partial charge in [0.2, 0.25) is 11.8 Å². The Balaban J connectivity index is 1.30. The van der Waals surface area contributed by atoms with E-state index in [9.17, 15) is 14.4 Å². The fourth-order valence-electron chi connectivity index (χ4n) is 4.52. The quantitative estimate of drug-likeness (QED) is 0.408. The van der Waals surface area contributed by atoms with Gasteiger partial charge in [0, 0.05) is 18.7 Å². The van der Waals surface area contributed by atoms with Crippen molar-refractivity contribution in [2.24, 2.45) is 9.98 Å². The highest BCUT2D eigenvalue weighted by Crippen LogP contribution is 2.35. The monoisotopic (exact) mass is 553 g/mol. The summed E-state index contributed by atoms with van der Waals surface area (Å²) in [6.07, 6.45) is 0.477. The zero-order valence-electron chi connectivity index (χ0n) is 22.5. The number of para-hydroxylation sites is 1. The van der Waals surface area contributed by atoms with Crippen molar-refractivity contribution in [3.63, 3.8) is 0 Å². The topological polar surface area (TPSA) is 103 Å². The molecule has 5 rings (SSSR count). The van der Waals surface area contributed by atoms with Gasteiger partial charge in [-0.3, -0.25) is 19.4 Å². The van der Waals surface area contributed by atoms with Crippen LogP contribution in [0.4, 0.5) is 5.69 Å². The molecular weight excluding hydrogens is 522 g/mol. The first-order valence-corrected chi connectivity index (χ1v) is 14.2. The fraction of sp³-hybridized carbons (Fsp3) is 0.258. The van der Waals surface area contributed by atoms with Crippen molar-refractivity contribution in [2.45, 2.75) is 51.1 Å². The molecule has 3 aromatic rings. The van der Waals surface area contributed by atoms with Gasteiger partial charge in [-0.15, -0.1) is 0 Å². The standard InChI is InChI=1S/C31H31N5O3S/c1-3-26(29(38)33-19-22-15-13-20(2)14-16-22)40-31-35-24-12-8-7-11-23(24)28-34-25(30(39)36(28)31)17-27(37)32-18-21-9-5-4-6-10-21/h4-16,25-26H,3,17-19H2,1-2H3,(H,32,37)(H,33,38)/t25-,26-/m0/s1. The lowest BCUT2D eigenvalue weighted by atomic mass is 10.1. The molecule has 0 aliphatic carbocycles. The van der Waals surface area contributed by atoms with Gasteiger partial charge < -0.3 is 10.6 Å². The molecule has 8 nitrogen and oxygen atoms in total. The van der Waals surface area contributed by atoms with Gasteiger partial charge in [0.1, 0.15) is 11.9 Å². The number of aryl methyl sites for hydroxylation is 1. The zero-order valence-corrected chi connectivity index (χ0v) is 23.3. The molecule has 0 fully saturated rings. The number of rotatable bonds is 9. The summed E-state index contributed by atoms with van der Waals surface area (Å²) in [4.78, 5) is 50.3. The van der Waals surface area contributed by atoms with E-state index in [1.54, 1.807) is 0 Å². The van der Waals surface area contributed by atoms with Gasteiger partial charge in [-0.2, -0.15) is 0 Å². The molecule has 3 aromatic carbocycles. The molecule has 0 aromatic heterocycles. The summed E-state index contributed by atoms with van der Waals surface area (Å²) < 4.78 is 0. The molecular formula is C31H31N5O3S. The van der Waals surface area contributed by atoms with Gasteiger partial charge in [0.15, 0.2) is 5.17 Å². The zero-order chi connectivity index (χ0) is 28.1. The minimum Gasteiger partial charge on any atom is -0.352 e. The van der Waals surface area contributed by atoms with Gasteiger partial charge >= 0.3 is 0 Å². The van der Waals surface area contributed by atoms with Crippen LogP contribution in [-0.2, 0) is 27.5 Å². The Morgan fingerprint density at radius 2 is 1.60 bits per heavy atom. The lowest BCUT2D eigenvalue weighted by Gasteiger charge is -2.27. The van der Waals surface area contributed by atoms with Gasteiger partial charge in [0.05, 0.1) is 17.4 Å². The Bertz CT molecular complexity index is 1470. The third-order valence-corrected chi connectivity index (χ3v) is 8.07. The largest absolute Gasteiger partial charge is 0.352 e. The van der Waals surface area contributed by atoms with Crippen LogP contribution < -0.4 is 10.6 Å². The first-order chi connectivity index (χ1) is 19.4. The molecule has 9 heteroatoms. The molecule has 0 unspecified atom stereocenters. The minimum absolute atomic E-state index is 0.0694. The van der Waals surface area contributed by atoms with Gasteiger partial charge in [-0.25, -0.2) is 9.89 Å². The van der Waals surface area contributed by atoms with E-state index in [0.29, 0.717) is 36.2 Å². The van der Waals surface area contributed by atoms with E-state index in [0.717, 1.165) is 22.3 Å². The number of hydrogen-bond acceptors (Lipinski definition) is 6. The van der Waals surface area contributed by atoms with Crippen LogP contribution in [-0.4, -0.2) is 44.9 Å². The van der Waals surface area contributed by atoms with Gasteiger partial charge in [0.25, 0.3) is 5.91 Å². The maximum Gasteiger partial charge on any atom is 0.259 e. The van der Waals surface area contributed by atoms with Crippen molar-refractivity contribution < 1.29 is 14.4 Å². The molecule has 0 saturated heterocycles. The Labute approximate surface area is 238 Å². The van der Waals surface area contributed by atoms with Gasteiger partial charge in [-0.1, -0.05) is 91.0 Å². The molecule has 0 spiro atoms. The normalized spacial score (nSPS) is 16.4. The predicted molar refractivity (Wildman–Crippen MR) is 158 cm³/mol. The summed E-state index contributed by atoms with van der Waals surface area (Å²) in [5.74, 6) is -0.237. The van der Waals surface area contributed by atoms with Crippen LogP contribution in [0.5, 0.6) is 0 Å². The molecule has 2 atom stereocenters. The molecule has 2 aliphatic rings. The lowest BCUT2D eigenvalue weighted by Crippen LogP contribution is -2.43. The number of carbonyl (C=O) groups excluding carboxylic acids is 3. The van der Waals surface area contributed by atoms with Crippen LogP contribution >= 0.6 is 11.8 Å². The molecule has 2 heterocycles. The van der Waals surface area contributed by atoms with Crippen LogP contribution in [0.2, 0.25) is 0 Å². The van der Waals surface area contributed by atoms with Crippen molar-refractivity contribution >= 4 is 46.2 Å². The second kappa shape index (κ2) is 12.3. The molecule has 0 saturated carbocycles. The number of hydrogen-bond donors (Lipinski definition) is 2. The first kappa shape index (κ1) is 27.3. The van der Waals surface area contributed by atoms with Crippen molar-refractivity contribution in [3.05, 3.63) is 101 Å². The molecule has 3 amide bonds. The molecule has 2 aliphatic heterocycles. The van der Waals surface area contributed by atoms with E-state index in [1.165, 1.54) is 16.7 Å². The highest BCUT2D eigenvalue weighted by Gasteiger charge is 2.43. The molecule has 204 valence electrons. The van der Waals surface area contributed by atoms with Crippen LogP contribution in [0, 0.1) is 6.92 Å². The summed E-state index contributed by atoms with van der Waals surface area (Å²) in [5.41, 5.74) is 4.55. The summed E-state index contributed by atoms with van der Waals surface area (Å²) >= 11 is 1.25. The maximum atomic E-state index is 13.6. The van der Waals surface area contributed by atoms with E-state index in [-0.39, 0.29) is 24.1 Å². The number of aliphatic imine (C=N–C) groups is 2. The molecule has 40 heavy (non-hydrogen) atoms. The van der Waals surface area contributed by atoms with Crippen molar-refractivity contribution in [3.8, 4) is 0 Å². The second-order valence-electron chi connectivity index (χ2n) is 9.74. The number of amides is 3. The Kier molecular flexibility index (Phi) is 8.40. The molecule has 0 bridgehead atoms. The highest BCUT2D eigenvalue weighted by atomic mass is 32.2. The molecule has 0 radical (unpaired) electrons. The average Bonchev–Trinajstić information content (AvgIpc) is 3.30. The number of carbonyl (C=O) groups is 3. The van der Waals surface area contributed by atoms with E-state index in [2.05, 4.69) is 15.6 Å². The predicted octanol–water partition coefficient (Wildman–Crippen LogP) is 4.49. The van der Waals surface area contributed by atoms with E-state index < -0.39 is 11.3 Å². The summed E-state index contributed by atoms with van der Waals surface area (Å²) in [7, 11) is 0. The van der Waals surface area contributed by atoms with Crippen LogP contribution in [0.3, 0.4) is 0 Å². The number of thioether (sulfide) groups is 1. The average molecular weight is 554 g/mol. The number of fused-ring (bicyclic) bond motifs is 3. The van der Waals surface area contributed by atoms with Crippen LogP contribution in [0.15, 0.2) is 88.8 Å². The molecule has 2 N–H and O–H groups in total. The maximum absolute atomic E-state index is 13.6. The van der Waals surface area contributed by atoms with Crippen molar-refractivity contribution in [2.75, 3.05) is 0 Å². The van der Waals surface area contributed by atoms with E-state index >= 15 is 0 Å². The summed E-state index contributed by atoms with van der Waals surface area (Å²) in [6.45, 7) is 4.75. The smallest absolute Gasteiger partial charge is 0.259 e. The number of benzene rings is 3.